The number of amides is 2. The van der Waals surface area contributed by atoms with E-state index in [4.69, 9.17) is 16.3 Å². The highest BCUT2D eigenvalue weighted by atomic mass is 35.5. The lowest BCUT2D eigenvalue weighted by Crippen LogP contribution is -2.58. The zero-order valence-corrected chi connectivity index (χ0v) is 30.5. The van der Waals surface area contributed by atoms with Gasteiger partial charge in [0.05, 0.1) is 11.1 Å². The van der Waals surface area contributed by atoms with Gasteiger partial charge >= 0.3 is 18.3 Å². The number of carboxylic acids is 1. The van der Waals surface area contributed by atoms with E-state index in [1.165, 1.54) is 24.3 Å². The van der Waals surface area contributed by atoms with Gasteiger partial charge in [-0.25, -0.2) is 14.8 Å². The fraction of sp³-hybridized carbons (Fsp3) is 0.214. The zero-order valence-electron chi connectivity index (χ0n) is 29.8. The number of ether oxygens (including phenoxy) is 1. The molecule has 0 aliphatic rings. The number of carbonyl (C=O) groups excluding carboxylic acids is 2. The number of rotatable bonds is 13. The van der Waals surface area contributed by atoms with Crippen molar-refractivity contribution >= 4 is 29.4 Å². The molecule has 1 N–H and O–H groups in total. The van der Waals surface area contributed by atoms with Gasteiger partial charge < -0.3 is 9.84 Å². The molecule has 5 aromatic carbocycles. The second kappa shape index (κ2) is 17.8. The minimum atomic E-state index is -5.27. The van der Waals surface area contributed by atoms with Gasteiger partial charge in [0.25, 0.3) is 11.8 Å². The Morgan fingerprint density at radius 3 is 1.93 bits per heavy atom. The summed E-state index contributed by atoms with van der Waals surface area (Å²) in [6, 6.07) is 26.8. The van der Waals surface area contributed by atoms with Crippen molar-refractivity contribution in [2.24, 2.45) is 0 Å². The zero-order chi connectivity index (χ0) is 40.6. The molecule has 5 rings (SSSR count). The average molecular weight is 797 g/mol. The molecule has 1 atom stereocenters. The van der Waals surface area contributed by atoms with Crippen molar-refractivity contribution in [1.82, 2.24) is 10.0 Å². The van der Waals surface area contributed by atoms with E-state index in [2.05, 4.69) is 0 Å². The number of carbonyl (C=O) groups is 3. The average Bonchev–Trinajstić information content (AvgIpc) is 3.16. The summed E-state index contributed by atoms with van der Waals surface area (Å²) in [5, 5.41) is 12.0. The smallest absolute Gasteiger partial charge is 0.416 e. The van der Waals surface area contributed by atoms with Crippen LogP contribution in [0.3, 0.4) is 0 Å². The van der Waals surface area contributed by atoms with E-state index in [1.807, 2.05) is 30.3 Å². The van der Waals surface area contributed by atoms with Gasteiger partial charge in [-0.15, -0.1) is 0 Å². The molecule has 0 unspecified atom stereocenters. The van der Waals surface area contributed by atoms with E-state index in [0.717, 1.165) is 0 Å². The van der Waals surface area contributed by atoms with Crippen LogP contribution in [0.5, 0.6) is 11.5 Å². The summed E-state index contributed by atoms with van der Waals surface area (Å²) in [7, 11) is 0. The van der Waals surface area contributed by atoms with Gasteiger partial charge in [-0.05, 0) is 72.1 Å². The number of carboxylic acid groups (broad SMARTS) is 1. The summed E-state index contributed by atoms with van der Waals surface area (Å²) in [4.78, 5) is 41.8. The maximum atomic E-state index is 14.4. The molecule has 0 saturated carbocycles. The van der Waals surface area contributed by atoms with Gasteiger partial charge in [0.15, 0.2) is 6.04 Å². The van der Waals surface area contributed by atoms with Crippen LogP contribution in [0.25, 0.3) is 11.1 Å². The van der Waals surface area contributed by atoms with E-state index in [0.29, 0.717) is 51.0 Å². The molecule has 2 amide bonds. The Bertz CT molecular complexity index is 2130. The first-order valence-corrected chi connectivity index (χ1v) is 17.8. The Morgan fingerprint density at radius 2 is 1.34 bits per heavy atom. The van der Waals surface area contributed by atoms with E-state index < -0.39 is 65.8 Å². The van der Waals surface area contributed by atoms with Crippen LogP contribution < -0.4 is 4.74 Å². The molecular weight excluding hydrogens is 762 g/mol. The number of hydrogen-bond acceptors (Lipinski definition) is 4. The Kier molecular flexibility index (Phi) is 13.1. The van der Waals surface area contributed by atoms with Crippen molar-refractivity contribution in [3.8, 4) is 22.6 Å². The quantitative estimate of drug-likeness (QED) is 0.0728. The Hall–Kier alpha value is -5.82. The number of alkyl halides is 6. The van der Waals surface area contributed by atoms with Crippen LogP contribution in [0.2, 0.25) is 5.02 Å². The number of benzene rings is 5. The van der Waals surface area contributed by atoms with E-state index >= 15 is 0 Å². The third-order valence-electron chi connectivity index (χ3n) is 8.71. The highest BCUT2D eigenvalue weighted by Crippen LogP contribution is 2.37. The highest BCUT2D eigenvalue weighted by Gasteiger charge is 2.41. The van der Waals surface area contributed by atoms with Crippen molar-refractivity contribution in [2.75, 3.05) is 6.54 Å². The fourth-order valence-corrected chi connectivity index (χ4v) is 6.14. The van der Waals surface area contributed by atoms with Crippen molar-refractivity contribution in [3.63, 3.8) is 0 Å². The summed E-state index contributed by atoms with van der Waals surface area (Å²) in [5.41, 5.74) is -2.93. The number of nitrogens with zero attached hydrogens (tertiary/aromatic N) is 2. The second-order valence-electron chi connectivity index (χ2n) is 12.8. The molecule has 0 saturated heterocycles. The lowest BCUT2D eigenvalue weighted by Gasteiger charge is -2.39. The van der Waals surface area contributed by atoms with Crippen LogP contribution in [0.4, 0.5) is 26.3 Å². The lowest BCUT2D eigenvalue weighted by atomic mass is 9.99. The van der Waals surface area contributed by atoms with Crippen LogP contribution in [-0.4, -0.2) is 45.5 Å². The summed E-state index contributed by atoms with van der Waals surface area (Å²) in [5.74, 6) is -2.97. The molecule has 0 heterocycles. The van der Waals surface area contributed by atoms with E-state index in [9.17, 15) is 45.8 Å². The highest BCUT2D eigenvalue weighted by molar-refractivity contribution is 6.31. The summed E-state index contributed by atoms with van der Waals surface area (Å²) < 4.78 is 89.3. The second-order valence-corrected chi connectivity index (χ2v) is 13.2. The predicted molar refractivity (Wildman–Crippen MR) is 198 cm³/mol. The molecule has 0 bridgehead atoms. The van der Waals surface area contributed by atoms with Gasteiger partial charge in [0, 0.05) is 34.7 Å². The molecular formula is C42H35ClF6N2O5. The van der Waals surface area contributed by atoms with Crippen molar-refractivity contribution in [3.05, 3.63) is 154 Å². The molecule has 0 aliphatic heterocycles. The molecule has 14 heteroatoms. The standard InChI is InChI=1S/C42H35ClF6N2O5/c1-2-3-9-21-50(38(52)30-23-31(41(44,45)46)26-32(24-30)42(47,48)49)51(39(53)29-11-10-12-33(43)25-29)36(40(54)55)22-27-17-19-28(20-18-27)35-15-7-8-16-37(35)56-34-13-5-4-6-14-34/h4-8,10-20,23-26,36H,2-3,9,21-22H2,1H3,(H,54,55)/t36-/m0/s1. The van der Waals surface area contributed by atoms with E-state index in [-0.39, 0.29) is 35.2 Å². The molecule has 5 aromatic rings. The Morgan fingerprint density at radius 1 is 0.714 bits per heavy atom. The largest absolute Gasteiger partial charge is 0.480 e. The number of para-hydroxylation sites is 2. The molecule has 0 fully saturated rings. The first-order valence-electron chi connectivity index (χ1n) is 17.4. The van der Waals surface area contributed by atoms with Gasteiger partial charge in [0.1, 0.15) is 11.5 Å². The van der Waals surface area contributed by atoms with Crippen molar-refractivity contribution in [1.29, 1.82) is 0 Å². The Labute approximate surface area is 323 Å². The van der Waals surface area contributed by atoms with Crippen LogP contribution in [0.1, 0.15) is 63.6 Å². The molecule has 0 aliphatic carbocycles. The third-order valence-corrected chi connectivity index (χ3v) is 8.95. The first-order chi connectivity index (χ1) is 26.6. The molecule has 56 heavy (non-hydrogen) atoms. The maximum absolute atomic E-state index is 14.4. The topological polar surface area (TPSA) is 87.2 Å². The lowest BCUT2D eigenvalue weighted by molar-refractivity contribution is -0.147. The summed E-state index contributed by atoms with van der Waals surface area (Å²) in [6.07, 6.45) is -9.85. The minimum absolute atomic E-state index is 0.0753. The van der Waals surface area contributed by atoms with Crippen LogP contribution in [-0.2, 0) is 23.6 Å². The van der Waals surface area contributed by atoms with Crippen LogP contribution in [0.15, 0.2) is 121 Å². The monoisotopic (exact) mass is 796 g/mol. The van der Waals surface area contributed by atoms with Crippen LogP contribution >= 0.6 is 11.6 Å². The first kappa shape index (κ1) is 41.3. The number of hydrazine groups is 1. The van der Waals surface area contributed by atoms with Crippen molar-refractivity contribution < 1.29 is 50.6 Å². The number of aliphatic carboxylic acids is 1. The molecule has 7 nitrogen and oxygen atoms in total. The normalized spacial score (nSPS) is 12.1. The summed E-state index contributed by atoms with van der Waals surface area (Å²) >= 11 is 6.16. The van der Waals surface area contributed by atoms with Crippen molar-refractivity contribution in [2.45, 2.75) is 51.0 Å². The number of unbranched alkanes of at least 4 members (excludes halogenated alkanes) is 2. The SMILES string of the molecule is CCCCCN(C(=O)c1cc(C(F)(F)F)cc(C(F)(F)F)c1)N(C(=O)c1cccc(Cl)c1)[C@@H](Cc1ccc(-c2ccccc2Oc2ccccc2)cc1)C(=O)O. The van der Waals surface area contributed by atoms with Gasteiger partial charge in [-0.3, -0.25) is 9.59 Å². The third kappa shape index (κ3) is 10.3. The van der Waals surface area contributed by atoms with Gasteiger partial charge in [-0.1, -0.05) is 98.1 Å². The number of halogens is 7. The maximum Gasteiger partial charge on any atom is 0.416 e. The Balaban J connectivity index is 1.59. The molecule has 292 valence electrons. The molecule has 0 spiro atoms. The van der Waals surface area contributed by atoms with Gasteiger partial charge in [0.2, 0.25) is 0 Å². The van der Waals surface area contributed by atoms with E-state index in [1.54, 1.807) is 55.5 Å². The predicted octanol–water partition coefficient (Wildman–Crippen LogP) is 11.2. The number of hydrogen-bond donors (Lipinski definition) is 1. The molecule has 0 radical (unpaired) electrons. The van der Waals surface area contributed by atoms with Gasteiger partial charge in [-0.2, -0.15) is 26.3 Å². The fourth-order valence-electron chi connectivity index (χ4n) is 5.95. The molecule has 0 aromatic heterocycles. The minimum Gasteiger partial charge on any atom is -0.480 e. The van der Waals surface area contributed by atoms with Crippen LogP contribution in [0, 0.1) is 0 Å². The summed E-state index contributed by atoms with van der Waals surface area (Å²) in [6.45, 7) is 1.39.